The number of anilines is 1. The third kappa shape index (κ3) is 2.19. The molecule has 1 atom stereocenters. The molecule has 1 heterocycles. The first-order valence-electron chi connectivity index (χ1n) is 5.74. The smallest absolute Gasteiger partial charge is 0.133 e. The van der Waals surface area contributed by atoms with Gasteiger partial charge >= 0.3 is 0 Å². The molecule has 0 bridgehead atoms. The van der Waals surface area contributed by atoms with Gasteiger partial charge in [0.25, 0.3) is 0 Å². The second-order valence-corrected chi connectivity index (χ2v) is 5.53. The maximum absolute atomic E-state index is 5.31. The number of fused-ring (bicyclic) bond motifs is 1. The highest BCUT2D eigenvalue weighted by Gasteiger charge is 2.21. The number of hydrogen-bond acceptors (Lipinski definition) is 2. The molecule has 0 aromatic heterocycles. The van der Waals surface area contributed by atoms with Gasteiger partial charge in [-0.3, -0.25) is 0 Å². The first-order valence-corrected chi connectivity index (χ1v) is 6.54. The Bertz CT molecular complexity index is 390. The van der Waals surface area contributed by atoms with Crippen LogP contribution in [0.25, 0.3) is 0 Å². The minimum atomic E-state index is 0.591. The summed E-state index contributed by atoms with van der Waals surface area (Å²) in [5.74, 6) is 1.59. The van der Waals surface area contributed by atoms with Crippen LogP contribution in [-0.2, 0) is 6.42 Å². The van der Waals surface area contributed by atoms with Crippen molar-refractivity contribution in [1.82, 2.24) is 0 Å². The van der Waals surface area contributed by atoms with Crippen molar-refractivity contribution in [2.45, 2.75) is 32.7 Å². The molecule has 1 aromatic carbocycles. The van der Waals surface area contributed by atoms with E-state index in [1.165, 1.54) is 17.7 Å². The van der Waals surface area contributed by atoms with Crippen molar-refractivity contribution in [2.24, 2.45) is 5.92 Å². The second kappa shape index (κ2) is 4.66. The lowest BCUT2D eigenvalue weighted by molar-refractivity contribution is 0.410. The minimum Gasteiger partial charge on any atom is -0.496 e. The SMILES string of the molecule is COc1cc2c(cc1Br)NC(C(C)C)CC2. The molecule has 2 rings (SSSR count). The average Bonchev–Trinajstić information content (AvgIpc) is 2.27. The van der Waals surface area contributed by atoms with Crippen LogP contribution in [0.4, 0.5) is 5.69 Å². The number of halogens is 1. The summed E-state index contributed by atoms with van der Waals surface area (Å²) in [7, 11) is 1.71. The summed E-state index contributed by atoms with van der Waals surface area (Å²) in [5.41, 5.74) is 2.61. The average molecular weight is 284 g/mol. The maximum atomic E-state index is 5.31. The Kier molecular flexibility index (Phi) is 3.43. The van der Waals surface area contributed by atoms with Crippen LogP contribution in [0.1, 0.15) is 25.8 Å². The van der Waals surface area contributed by atoms with E-state index in [-0.39, 0.29) is 0 Å². The van der Waals surface area contributed by atoms with Crippen LogP contribution in [-0.4, -0.2) is 13.2 Å². The molecule has 0 amide bonds. The van der Waals surface area contributed by atoms with Gasteiger partial charge in [-0.05, 0) is 52.4 Å². The molecule has 1 N–H and O–H groups in total. The van der Waals surface area contributed by atoms with E-state index in [9.17, 15) is 0 Å². The molecule has 1 unspecified atom stereocenters. The predicted molar refractivity (Wildman–Crippen MR) is 71.3 cm³/mol. The van der Waals surface area contributed by atoms with Crippen LogP contribution >= 0.6 is 15.9 Å². The van der Waals surface area contributed by atoms with Crippen molar-refractivity contribution in [3.63, 3.8) is 0 Å². The number of rotatable bonds is 2. The molecule has 2 nitrogen and oxygen atoms in total. The molecule has 0 aliphatic carbocycles. The summed E-state index contributed by atoms with van der Waals surface area (Å²) >= 11 is 3.53. The zero-order valence-corrected chi connectivity index (χ0v) is 11.6. The van der Waals surface area contributed by atoms with Crippen LogP contribution < -0.4 is 10.1 Å². The lowest BCUT2D eigenvalue weighted by Gasteiger charge is -2.30. The Balaban J connectivity index is 2.29. The van der Waals surface area contributed by atoms with Crippen molar-refractivity contribution >= 4 is 21.6 Å². The fraction of sp³-hybridized carbons (Fsp3) is 0.538. The van der Waals surface area contributed by atoms with Crippen LogP contribution in [0.5, 0.6) is 5.75 Å². The Morgan fingerprint density at radius 3 is 2.81 bits per heavy atom. The summed E-state index contributed by atoms with van der Waals surface area (Å²) in [6, 6.07) is 4.85. The highest BCUT2D eigenvalue weighted by atomic mass is 79.9. The van der Waals surface area contributed by atoms with Gasteiger partial charge in [0.1, 0.15) is 5.75 Å². The number of methoxy groups -OCH3 is 1. The third-order valence-electron chi connectivity index (χ3n) is 3.25. The van der Waals surface area contributed by atoms with Gasteiger partial charge in [-0.15, -0.1) is 0 Å². The van der Waals surface area contributed by atoms with E-state index >= 15 is 0 Å². The molecule has 0 fully saturated rings. The highest BCUT2D eigenvalue weighted by Crippen LogP contribution is 2.35. The maximum Gasteiger partial charge on any atom is 0.133 e. The molecule has 0 saturated carbocycles. The second-order valence-electron chi connectivity index (χ2n) is 4.68. The normalized spacial score (nSPS) is 19.2. The number of hydrogen-bond donors (Lipinski definition) is 1. The first-order chi connectivity index (χ1) is 7.61. The lowest BCUT2D eigenvalue weighted by atomic mass is 9.91. The monoisotopic (exact) mass is 283 g/mol. The van der Waals surface area contributed by atoms with Crippen molar-refractivity contribution < 1.29 is 4.74 Å². The minimum absolute atomic E-state index is 0.591. The summed E-state index contributed by atoms with van der Waals surface area (Å²) in [6.07, 6.45) is 2.34. The van der Waals surface area contributed by atoms with Crippen LogP contribution in [0.15, 0.2) is 16.6 Å². The molecule has 1 aliphatic heterocycles. The van der Waals surface area contributed by atoms with Gasteiger partial charge < -0.3 is 10.1 Å². The molecule has 0 spiro atoms. The first kappa shape index (κ1) is 11.8. The highest BCUT2D eigenvalue weighted by molar-refractivity contribution is 9.10. The van der Waals surface area contributed by atoms with Crippen molar-refractivity contribution in [3.8, 4) is 5.75 Å². The van der Waals surface area contributed by atoms with Crippen LogP contribution in [0.2, 0.25) is 0 Å². The topological polar surface area (TPSA) is 21.3 Å². The predicted octanol–water partition coefficient (Wildman–Crippen LogP) is 3.84. The Morgan fingerprint density at radius 2 is 2.19 bits per heavy atom. The van der Waals surface area contributed by atoms with Crippen LogP contribution in [0.3, 0.4) is 0 Å². The summed E-state index contributed by atoms with van der Waals surface area (Å²) in [5, 5.41) is 3.60. The van der Waals surface area contributed by atoms with Crippen molar-refractivity contribution in [3.05, 3.63) is 22.2 Å². The van der Waals surface area contributed by atoms with E-state index in [0.717, 1.165) is 16.6 Å². The number of aryl methyl sites for hydroxylation is 1. The van der Waals surface area contributed by atoms with E-state index in [4.69, 9.17) is 4.74 Å². The molecule has 1 aliphatic rings. The van der Waals surface area contributed by atoms with Gasteiger partial charge in [-0.1, -0.05) is 13.8 Å². The van der Waals surface area contributed by atoms with Gasteiger partial charge in [0, 0.05) is 11.7 Å². The van der Waals surface area contributed by atoms with Crippen molar-refractivity contribution in [2.75, 3.05) is 12.4 Å². The number of benzene rings is 1. The van der Waals surface area contributed by atoms with Gasteiger partial charge in [0.15, 0.2) is 0 Å². The molecular formula is C13H18BrNO. The van der Waals surface area contributed by atoms with E-state index in [2.05, 4.69) is 47.2 Å². The molecular weight excluding hydrogens is 266 g/mol. The summed E-state index contributed by atoms with van der Waals surface area (Å²) in [4.78, 5) is 0. The lowest BCUT2D eigenvalue weighted by Crippen LogP contribution is -2.30. The van der Waals surface area contributed by atoms with Gasteiger partial charge in [-0.2, -0.15) is 0 Å². The van der Waals surface area contributed by atoms with Gasteiger partial charge in [-0.25, -0.2) is 0 Å². The van der Waals surface area contributed by atoms with Gasteiger partial charge in [0.2, 0.25) is 0 Å². The Hall–Kier alpha value is -0.700. The molecule has 0 radical (unpaired) electrons. The standard InChI is InChI=1S/C13H18BrNO/c1-8(2)11-5-4-9-6-13(16-3)10(14)7-12(9)15-11/h6-8,11,15H,4-5H2,1-3H3. The zero-order chi connectivity index (χ0) is 11.7. The molecule has 0 saturated heterocycles. The third-order valence-corrected chi connectivity index (χ3v) is 3.87. The summed E-state index contributed by atoms with van der Waals surface area (Å²) in [6.45, 7) is 4.53. The molecule has 16 heavy (non-hydrogen) atoms. The summed E-state index contributed by atoms with van der Waals surface area (Å²) < 4.78 is 6.33. The van der Waals surface area contributed by atoms with E-state index in [1.807, 2.05) is 0 Å². The zero-order valence-electron chi connectivity index (χ0n) is 10.0. The Labute approximate surface area is 106 Å². The van der Waals surface area contributed by atoms with E-state index < -0.39 is 0 Å². The molecule has 1 aromatic rings. The van der Waals surface area contributed by atoms with Gasteiger partial charge in [0.05, 0.1) is 11.6 Å². The Morgan fingerprint density at radius 1 is 1.44 bits per heavy atom. The number of ether oxygens (including phenoxy) is 1. The number of nitrogens with one attached hydrogen (secondary N) is 1. The van der Waals surface area contributed by atoms with Crippen molar-refractivity contribution in [1.29, 1.82) is 0 Å². The van der Waals surface area contributed by atoms with E-state index in [0.29, 0.717) is 12.0 Å². The van der Waals surface area contributed by atoms with Crippen LogP contribution in [0, 0.1) is 5.92 Å². The molecule has 3 heteroatoms. The fourth-order valence-corrected chi connectivity index (χ4v) is 2.68. The van der Waals surface area contributed by atoms with E-state index in [1.54, 1.807) is 7.11 Å². The fourth-order valence-electron chi connectivity index (χ4n) is 2.18. The quantitative estimate of drug-likeness (QED) is 0.891. The molecule has 88 valence electrons. The largest absolute Gasteiger partial charge is 0.496 e.